The molecule has 1 aromatic heterocycles. The molecule has 8 heteroatoms. The molecule has 0 bridgehead atoms. The first-order valence-corrected chi connectivity index (χ1v) is 7.14. The summed E-state index contributed by atoms with van der Waals surface area (Å²) >= 11 is 5.60. The number of rotatable bonds is 3. The van der Waals surface area contributed by atoms with Crippen molar-refractivity contribution in [2.24, 2.45) is 7.05 Å². The first-order valence-electron chi connectivity index (χ1n) is 5.28. The predicted molar refractivity (Wildman–Crippen MR) is 70.2 cm³/mol. The third-order valence-electron chi connectivity index (χ3n) is 2.43. The van der Waals surface area contributed by atoms with Crippen LogP contribution in [0.25, 0.3) is 0 Å². The molecule has 2 rings (SSSR count). The lowest BCUT2D eigenvalue weighted by molar-refractivity contribution is 0.598. The minimum absolute atomic E-state index is 0.00403. The summed E-state index contributed by atoms with van der Waals surface area (Å²) in [4.78, 5) is 0.00403. The highest BCUT2D eigenvalue weighted by atomic mass is 35.5. The first kappa shape index (κ1) is 13.8. The summed E-state index contributed by atoms with van der Waals surface area (Å²) in [5.74, 6) is -0.738. The Hall–Kier alpha value is -1.60. The molecule has 0 saturated heterocycles. The second-order valence-corrected chi connectivity index (χ2v) is 6.07. The van der Waals surface area contributed by atoms with Crippen molar-refractivity contribution in [1.82, 2.24) is 9.78 Å². The van der Waals surface area contributed by atoms with Crippen molar-refractivity contribution < 1.29 is 12.8 Å². The molecule has 19 heavy (non-hydrogen) atoms. The van der Waals surface area contributed by atoms with Crippen molar-refractivity contribution in [3.8, 4) is 0 Å². The zero-order valence-electron chi connectivity index (χ0n) is 10.2. The summed E-state index contributed by atoms with van der Waals surface area (Å²) in [7, 11) is -2.27. The van der Waals surface area contributed by atoms with Crippen LogP contribution in [0.3, 0.4) is 0 Å². The smallest absolute Gasteiger partial charge is 0.265 e. The molecule has 5 nitrogen and oxygen atoms in total. The van der Waals surface area contributed by atoms with E-state index in [0.29, 0.717) is 5.69 Å². The fourth-order valence-electron chi connectivity index (χ4n) is 1.61. The standard InChI is InChI=1S/C11H11ClFN3O2S/c1-7-11(6-16(2)14-7)19(17,18)15-10-4-3-8(12)5-9(10)13/h3-6,15H,1-2H3. The van der Waals surface area contributed by atoms with Crippen LogP contribution < -0.4 is 4.72 Å². The lowest BCUT2D eigenvalue weighted by Gasteiger charge is -2.08. The number of sulfonamides is 1. The number of nitrogens with zero attached hydrogens (tertiary/aromatic N) is 2. The Balaban J connectivity index is 2.39. The van der Waals surface area contributed by atoms with Crippen LogP contribution in [0.2, 0.25) is 5.02 Å². The number of aryl methyl sites for hydroxylation is 2. The summed E-state index contributed by atoms with van der Waals surface area (Å²) in [6.07, 6.45) is 1.35. The lowest BCUT2D eigenvalue weighted by atomic mass is 10.3. The highest BCUT2D eigenvalue weighted by Crippen LogP contribution is 2.23. The minimum atomic E-state index is -3.87. The number of benzene rings is 1. The highest BCUT2D eigenvalue weighted by Gasteiger charge is 2.21. The lowest BCUT2D eigenvalue weighted by Crippen LogP contribution is -2.14. The van der Waals surface area contributed by atoms with E-state index in [4.69, 9.17) is 11.6 Å². The van der Waals surface area contributed by atoms with Gasteiger partial charge in [-0.15, -0.1) is 0 Å². The Labute approximate surface area is 115 Å². The van der Waals surface area contributed by atoms with Crippen LogP contribution in [0, 0.1) is 12.7 Å². The molecule has 0 atom stereocenters. The Morgan fingerprint density at radius 3 is 2.63 bits per heavy atom. The molecule has 0 aliphatic carbocycles. The highest BCUT2D eigenvalue weighted by molar-refractivity contribution is 7.92. The van der Waals surface area contributed by atoms with Crippen molar-refractivity contribution in [3.05, 3.63) is 40.9 Å². The van der Waals surface area contributed by atoms with Gasteiger partial charge < -0.3 is 0 Å². The molecular formula is C11H11ClFN3O2S. The van der Waals surface area contributed by atoms with Crippen LogP contribution in [-0.2, 0) is 17.1 Å². The summed E-state index contributed by atoms with van der Waals surface area (Å²) in [5.41, 5.74) is 0.178. The van der Waals surface area contributed by atoms with Gasteiger partial charge in [0.2, 0.25) is 0 Å². The van der Waals surface area contributed by atoms with E-state index in [1.165, 1.54) is 23.0 Å². The molecule has 2 aromatic rings. The van der Waals surface area contributed by atoms with Gasteiger partial charge in [-0.1, -0.05) is 11.6 Å². The largest absolute Gasteiger partial charge is 0.277 e. The fraction of sp³-hybridized carbons (Fsp3) is 0.182. The number of hydrogen-bond acceptors (Lipinski definition) is 3. The van der Waals surface area contributed by atoms with E-state index in [1.807, 2.05) is 0 Å². The van der Waals surface area contributed by atoms with Gasteiger partial charge in [0.05, 0.1) is 11.4 Å². The predicted octanol–water partition coefficient (Wildman–Crippen LogP) is 2.32. The summed E-state index contributed by atoms with van der Waals surface area (Å²) < 4.78 is 41.3. The number of halogens is 2. The Morgan fingerprint density at radius 2 is 2.11 bits per heavy atom. The second-order valence-electron chi connectivity index (χ2n) is 3.98. The van der Waals surface area contributed by atoms with Gasteiger partial charge in [-0.05, 0) is 25.1 Å². The van der Waals surface area contributed by atoms with Crippen molar-refractivity contribution in [1.29, 1.82) is 0 Å². The Bertz CT molecular complexity index is 728. The van der Waals surface area contributed by atoms with Gasteiger partial charge in [0.1, 0.15) is 10.7 Å². The number of hydrogen-bond donors (Lipinski definition) is 1. The van der Waals surface area contributed by atoms with Crippen LogP contribution in [0.4, 0.5) is 10.1 Å². The molecule has 0 radical (unpaired) electrons. The zero-order chi connectivity index (χ0) is 14.2. The molecule has 0 aliphatic heterocycles. The SMILES string of the molecule is Cc1nn(C)cc1S(=O)(=O)Nc1ccc(Cl)cc1F. The maximum absolute atomic E-state index is 13.6. The maximum Gasteiger partial charge on any atom is 0.265 e. The van der Waals surface area contributed by atoms with Gasteiger partial charge in [0, 0.05) is 18.3 Å². The van der Waals surface area contributed by atoms with Crippen LogP contribution in [0.5, 0.6) is 0 Å². The molecule has 102 valence electrons. The van der Waals surface area contributed by atoms with Gasteiger partial charge in [0.25, 0.3) is 10.0 Å². The van der Waals surface area contributed by atoms with E-state index in [9.17, 15) is 12.8 Å². The van der Waals surface area contributed by atoms with Crippen LogP contribution in [0.1, 0.15) is 5.69 Å². The molecule has 0 unspecified atom stereocenters. The number of aromatic nitrogens is 2. The second kappa shape index (κ2) is 4.82. The quantitative estimate of drug-likeness (QED) is 0.946. The molecular weight excluding hydrogens is 293 g/mol. The zero-order valence-corrected chi connectivity index (χ0v) is 11.8. The third-order valence-corrected chi connectivity index (χ3v) is 4.14. The van der Waals surface area contributed by atoms with Crippen molar-refractivity contribution in [2.45, 2.75) is 11.8 Å². The van der Waals surface area contributed by atoms with Gasteiger partial charge in [0.15, 0.2) is 0 Å². The molecule has 0 spiro atoms. The van der Waals surface area contributed by atoms with Crippen molar-refractivity contribution >= 4 is 27.3 Å². The average molecular weight is 304 g/mol. The monoisotopic (exact) mass is 303 g/mol. The normalized spacial score (nSPS) is 11.6. The Kier molecular flexibility index (Phi) is 3.51. The topological polar surface area (TPSA) is 64.0 Å². The van der Waals surface area contributed by atoms with E-state index in [2.05, 4.69) is 9.82 Å². The molecule has 0 fully saturated rings. The first-order chi connectivity index (χ1) is 8.79. The average Bonchev–Trinajstić information content (AvgIpc) is 2.63. The van der Waals surface area contributed by atoms with Crippen molar-refractivity contribution in [2.75, 3.05) is 4.72 Å². The summed E-state index contributed by atoms with van der Waals surface area (Å²) in [6.45, 7) is 1.56. The molecule has 1 heterocycles. The molecule has 0 amide bonds. The van der Waals surface area contributed by atoms with Gasteiger partial charge >= 0.3 is 0 Å². The van der Waals surface area contributed by atoms with E-state index in [-0.39, 0.29) is 15.6 Å². The summed E-state index contributed by atoms with van der Waals surface area (Å²) in [6, 6.07) is 3.70. The molecule has 0 aliphatic rings. The summed E-state index contributed by atoms with van der Waals surface area (Å²) in [5, 5.41) is 4.13. The third kappa shape index (κ3) is 2.87. The maximum atomic E-state index is 13.6. The van der Waals surface area contributed by atoms with E-state index in [0.717, 1.165) is 6.07 Å². The van der Waals surface area contributed by atoms with Crippen LogP contribution in [0.15, 0.2) is 29.3 Å². The number of nitrogens with one attached hydrogen (secondary N) is 1. The molecule has 1 aromatic carbocycles. The van der Waals surface area contributed by atoms with E-state index < -0.39 is 15.8 Å². The van der Waals surface area contributed by atoms with Gasteiger partial charge in [-0.25, -0.2) is 12.8 Å². The van der Waals surface area contributed by atoms with E-state index >= 15 is 0 Å². The van der Waals surface area contributed by atoms with Crippen molar-refractivity contribution in [3.63, 3.8) is 0 Å². The van der Waals surface area contributed by atoms with Crippen LogP contribution >= 0.6 is 11.6 Å². The molecule has 0 saturated carbocycles. The van der Waals surface area contributed by atoms with Gasteiger partial charge in [-0.3, -0.25) is 9.40 Å². The van der Waals surface area contributed by atoms with E-state index in [1.54, 1.807) is 14.0 Å². The van der Waals surface area contributed by atoms with Gasteiger partial charge in [-0.2, -0.15) is 5.10 Å². The van der Waals surface area contributed by atoms with Crippen LogP contribution in [-0.4, -0.2) is 18.2 Å². The minimum Gasteiger partial charge on any atom is -0.277 e. The fourth-order valence-corrected chi connectivity index (χ4v) is 3.06. The Morgan fingerprint density at radius 1 is 1.42 bits per heavy atom. The number of anilines is 1. The molecule has 1 N–H and O–H groups in total.